The van der Waals surface area contributed by atoms with Gasteiger partial charge < -0.3 is 19.9 Å². The van der Waals surface area contributed by atoms with E-state index in [0.29, 0.717) is 26.4 Å². The molecule has 0 bridgehead atoms. The van der Waals surface area contributed by atoms with Crippen LogP contribution in [0.4, 0.5) is 0 Å². The lowest BCUT2D eigenvalue weighted by atomic mass is 9.74. The van der Waals surface area contributed by atoms with Gasteiger partial charge in [0.25, 0.3) is 0 Å². The summed E-state index contributed by atoms with van der Waals surface area (Å²) in [6.07, 6.45) is 9.98. The van der Waals surface area contributed by atoms with Crippen LogP contribution in [0.3, 0.4) is 0 Å². The van der Waals surface area contributed by atoms with E-state index in [4.69, 9.17) is 19.9 Å². The molecule has 1 fully saturated rings. The van der Waals surface area contributed by atoms with E-state index in [9.17, 15) is 0 Å². The highest BCUT2D eigenvalue weighted by Crippen LogP contribution is 2.34. The summed E-state index contributed by atoms with van der Waals surface area (Å²) in [5, 5.41) is 0. The van der Waals surface area contributed by atoms with Gasteiger partial charge in [-0.15, -0.1) is 0 Å². The molecular formula is C17H35NO3. The van der Waals surface area contributed by atoms with Gasteiger partial charge in [0.05, 0.1) is 26.4 Å². The monoisotopic (exact) mass is 301 g/mol. The molecule has 0 unspecified atom stereocenters. The molecule has 126 valence electrons. The minimum absolute atomic E-state index is 0.0135. The van der Waals surface area contributed by atoms with Gasteiger partial charge in [-0.25, -0.2) is 0 Å². The molecule has 0 aliphatic heterocycles. The van der Waals surface area contributed by atoms with Crippen molar-refractivity contribution in [2.75, 3.05) is 40.1 Å². The fourth-order valence-electron chi connectivity index (χ4n) is 3.02. The maximum absolute atomic E-state index is 6.50. The second kappa shape index (κ2) is 11.4. The van der Waals surface area contributed by atoms with Gasteiger partial charge >= 0.3 is 0 Å². The van der Waals surface area contributed by atoms with E-state index >= 15 is 0 Å². The minimum Gasteiger partial charge on any atom is -0.382 e. The molecule has 1 aliphatic rings. The van der Waals surface area contributed by atoms with Crippen molar-refractivity contribution in [2.24, 2.45) is 11.7 Å². The first-order chi connectivity index (χ1) is 10.2. The van der Waals surface area contributed by atoms with Crippen LogP contribution in [0.25, 0.3) is 0 Å². The molecule has 0 aromatic carbocycles. The molecule has 1 aliphatic carbocycles. The number of rotatable bonds is 12. The standard InChI is InChI=1S/C17H35NO3/c1-3-4-5-16-6-8-17(18,9-7-16)10-11-20-14-15-21-13-12-19-2/h16H,3-15,18H2,1-2H3. The molecule has 0 radical (unpaired) electrons. The van der Waals surface area contributed by atoms with Crippen LogP contribution in [0.15, 0.2) is 0 Å². The van der Waals surface area contributed by atoms with Crippen molar-refractivity contribution in [3.05, 3.63) is 0 Å². The lowest BCUT2D eigenvalue weighted by Crippen LogP contribution is -2.44. The van der Waals surface area contributed by atoms with Crippen LogP contribution in [0, 0.1) is 5.92 Å². The van der Waals surface area contributed by atoms with Crippen LogP contribution >= 0.6 is 0 Å². The summed E-state index contributed by atoms with van der Waals surface area (Å²) in [4.78, 5) is 0. The lowest BCUT2D eigenvalue weighted by Gasteiger charge is -2.37. The molecule has 0 aromatic rings. The van der Waals surface area contributed by atoms with Crippen LogP contribution in [0.2, 0.25) is 0 Å². The predicted molar refractivity (Wildman–Crippen MR) is 86.5 cm³/mol. The molecule has 0 saturated heterocycles. The Labute approximate surface area is 130 Å². The number of ether oxygens (including phenoxy) is 3. The maximum atomic E-state index is 6.50. The van der Waals surface area contributed by atoms with Crippen LogP contribution in [-0.4, -0.2) is 45.7 Å². The number of methoxy groups -OCH3 is 1. The van der Waals surface area contributed by atoms with Crippen LogP contribution in [-0.2, 0) is 14.2 Å². The van der Waals surface area contributed by atoms with Crippen molar-refractivity contribution in [3.63, 3.8) is 0 Å². The van der Waals surface area contributed by atoms with Crippen molar-refractivity contribution in [3.8, 4) is 0 Å². The highest BCUT2D eigenvalue weighted by atomic mass is 16.5. The molecule has 0 heterocycles. The summed E-state index contributed by atoms with van der Waals surface area (Å²) in [6.45, 7) is 5.60. The van der Waals surface area contributed by atoms with E-state index in [1.54, 1.807) is 7.11 Å². The Bertz CT molecular complexity index is 240. The highest BCUT2D eigenvalue weighted by molar-refractivity contribution is 4.89. The average Bonchev–Trinajstić information content (AvgIpc) is 2.49. The van der Waals surface area contributed by atoms with E-state index < -0.39 is 0 Å². The molecule has 0 aromatic heterocycles. The van der Waals surface area contributed by atoms with Gasteiger partial charge in [-0.3, -0.25) is 0 Å². The summed E-state index contributed by atoms with van der Waals surface area (Å²) >= 11 is 0. The molecule has 0 atom stereocenters. The second-order valence-electron chi connectivity index (χ2n) is 6.42. The van der Waals surface area contributed by atoms with Crippen LogP contribution < -0.4 is 5.73 Å². The molecule has 1 rings (SSSR count). The number of hydrogen-bond donors (Lipinski definition) is 1. The van der Waals surface area contributed by atoms with Crippen molar-refractivity contribution < 1.29 is 14.2 Å². The first-order valence-electron chi connectivity index (χ1n) is 8.63. The average molecular weight is 301 g/mol. The molecule has 4 heteroatoms. The normalized spacial score (nSPS) is 26.1. The molecule has 1 saturated carbocycles. The fourth-order valence-corrected chi connectivity index (χ4v) is 3.02. The third-order valence-electron chi connectivity index (χ3n) is 4.61. The molecule has 0 amide bonds. The van der Waals surface area contributed by atoms with Gasteiger partial charge in [-0.2, -0.15) is 0 Å². The third-order valence-corrected chi connectivity index (χ3v) is 4.61. The number of hydrogen-bond acceptors (Lipinski definition) is 4. The van der Waals surface area contributed by atoms with Gasteiger partial charge in [0.15, 0.2) is 0 Å². The number of nitrogens with two attached hydrogens (primary N) is 1. The summed E-state index contributed by atoms with van der Waals surface area (Å²) < 4.78 is 15.9. The lowest BCUT2D eigenvalue weighted by molar-refractivity contribution is 0.0186. The Morgan fingerprint density at radius 1 is 1.00 bits per heavy atom. The van der Waals surface area contributed by atoms with Gasteiger partial charge in [0.1, 0.15) is 0 Å². The van der Waals surface area contributed by atoms with E-state index in [1.165, 1.54) is 32.1 Å². The Balaban J connectivity index is 1.99. The molecule has 2 N–H and O–H groups in total. The summed E-state index contributed by atoms with van der Waals surface area (Å²) in [7, 11) is 1.68. The molecular weight excluding hydrogens is 266 g/mol. The smallest absolute Gasteiger partial charge is 0.0701 e. The van der Waals surface area contributed by atoms with Crippen molar-refractivity contribution in [1.82, 2.24) is 0 Å². The second-order valence-corrected chi connectivity index (χ2v) is 6.42. The summed E-state index contributed by atoms with van der Waals surface area (Å²) in [6, 6.07) is 0. The largest absolute Gasteiger partial charge is 0.382 e. The van der Waals surface area contributed by atoms with Crippen LogP contribution in [0.1, 0.15) is 58.3 Å². The van der Waals surface area contributed by atoms with Gasteiger partial charge in [-0.1, -0.05) is 26.2 Å². The Morgan fingerprint density at radius 3 is 2.24 bits per heavy atom. The molecule has 0 spiro atoms. The predicted octanol–water partition coefficient (Wildman–Crippen LogP) is 3.13. The van der Waals surface area contributed by atoms with E-state index in [2.05, 4.69) is 6.92 Å². The zero-order valence-corrected chi connectivity index (χ0v) is 14.1. The van der Waals surface area contributed by atoms with Crippen molar-refractivity contribution in [1.29, 1.82) is 0 Å². The Hall–Kier alpha value is -0.160. The minimum atomic E-state index is 0.0135. The third kappa shape index (κ3) is 8.77. The SMILES string of the molecule is CCCCC1CCC(N)(CCOCCOCCOC)CC1. The topological polar surface area (TPSA) is 53.7 Å². The molecule has 21 heavy (non-hydrogen) atoms. The number of unbranched alkanes of at least 4 members (excludes halogenated alkanes) is 1. The van der Waals surface area contributed by atoms with Gasteiger partial charge in [-0.05, 0) is 38.0 Å². The maximum Gasteiger partial charge on any atom is 0.0701 e. The summed E-state index contributed by atoms with van der Waals surface area (Å²) in [5.41, 5.74) is 6.52. The fraction of sp³-hybridized carbons (Fsp3) is 1.00. The van der Waals surface area contributed by atoms with Gasteiger partial charge in [0, 0.05) is 19.3 Å². The van der Waals surface area contributed by atoms with E-state index in [0.717, 1.165) is 31.8 Å². The van der Waals surface area contributed by atoms with Gasteiger partial charge in [0.2, 0.25) is 0 Å². The Kier molecular flexibility index (Phi) is 10.3. The first kappa shape index (κ1) is 18.9. The molecule has 4 nitrogen and oxygen atoms in total. The van der Waals surface area contributed by atoms with Crippen LogP contribution in [0.5, 0.6) is 0 Å². The first-order valence-corrected chi connectivity index (χ1v) is 8.63. The summed E-state index contributed by atoms with van der Waals surface area (Å²) in [5.74, 6) is 0.914. The zero-order valence-electron chi connectivity index (χ0n) is 14.1. The van der Waals surface area contributed by atoms with Crippen molar-refractivity contribution in [2.45, 2.75) is 63.8 Å². The highest BCUT2D eigenvalue weighted by Gasteiger charge is 2.30. The zero-order chi connectivity index (χ0) is 15.4. The quantitative estimate of drug-likeness (QED) is 0.563. The van der Waals surface area contributed by atoms with E-state index in [-0.39, 0.29) is 5.54 Å². The van der Waals surface area contributed by atoms with Crippen molar-refractivity contribution >= 4 is 0 Å². The Morgan fingerprint density at radius 2 is 1.62 bits per heavy atom. The van der Waals surface area contributed by atoms with E-state index in [1.807, 2.05) is 0 Å².